The topological polar surface area (TPSA) is 84.9 Å². The van der Waals surface area contributed by atoms with Crippen LogP contribution in [-0.2, 0) is 9.59 Å². The lowest BCUT2D eigenvalue weighted by atomic mass is 10.1. The molecule has 1 aliphatic rings. The first-order valence-corrected chi connectivity index (χ1v) is 9.01. The maximum atomic E-state index is 14.1. The first-order valence-electron chi connectivity index (χ1n) is 9.01. The molecule has 2 aromatic carbocycles. The van der Waals surface area contributed by atoms with E-state index in [0.717, 1.165) is 6.07 Å². The molecule has 2 aromatic rings. The number of nitrogens with zero attached hydrogens (tertiary/aromatic N) is 1. The summed E-state index contributed by atoms with van der Waals surface area (Å²) in [6, 6.07) is 9.23. The van der Waals surface area contributed by atoms with Gasteiger partial charge < -0.3 is 9.47 Å². The average Bonchev–Trinajstić information content (AvgIpc) is 2.68. The molecule has 0 unspecified atom stereocenters. The van der Waals surface area contributed by atoms with Crippen molar-refractivity contribution in [2.24, 2.45) is 0 Å². The fourth-order valence-corrected chi connectivity index (χ4v) is 2.83. The molecule has 0 aromatic heterocycles. The lowest BCUT2D eigenvalue weighted by Gasteiger charge is -2.26. The molecule has 3 rings (SSSR count). The Bertz CT molecular complexity index is 1000. The molecule has 0 radical (unpaired) electrons. The molecule has 1 N–H and O–H groups in total. The molecule has 150 valence electrons. The zero-order valence-corrected chi connectivity index (χ0v) is 15.9. The second-order valence-corrected chi connectivity index (χ2v) is 5.98. The lowest BCUT2D eigenvalue weighted by molar-refractivity contribution is -0.122. The number of carbonyl (C=O) groups is 3. The van der Waals surface area contributed by atoms with Gasteiger partial charge in [-0.25, -0.2) is 14.1 Å². The summed E-state index contributed by atoms with van der Waals surface area (Å²) < 4.78 is 25.2. The third-order valence-electron chi connectivity index (χ3n) is 4.07. The van der Waals surface area contributed by atoms with Crippen molar-refractivity contribution >= 4 is 29.6 Å². The first-order chi connectivity index (χ1) is 14.0. The van der Waals surface area contributed by atoms with Gasteiger partial charge in [0.15, 0.2) is 11.5 Å². The van der Waals surface area contributed by atoms with Gasteiger partial charge in [-0.1, -0.05) is 18.2 Å². The number of benzene rings is 2. The number of rotatable bonds is 6. The predicted molar refractivity (Wildman–Crippen MR) is 104 cm³/mol. The van der Waals surface area contributed by atoms with E-state index in [1.807, 2.05) is 13.8 Å². The smallest absolute Gasteiger partial charge is 0.336 e. The van der Waals surface area contributed by atoms with Crippen molar-refractivity contribution in [3.05, 3.63) is 59.4 Å². The summed E-state index contributed by atoms with van der Waals surface area (Å²) in [6.45, 7) is 4.50. The van der Waals surface area contributed by atoms with Crippen LogP contribution in [0, 0.1) is 5.82 Å². The van der Waals surface area contributed by atoms with Crippen molar-refractivity contribution in [2.45, 2.75) is 13.8 Å². The number of amides is 4. The quantitative estimate of drug-likeness (QED) is 0.596. The SMILES string of the molecule is CCOc1ccc(/C=C2\C(=O)NC(=O)N(c3ccccc3F)C2=O)cc1OCC. The molecular weight excluding hydrogens is 379 g/mol. The number of imide groups is 2. The van der Waals surface area contributed by atoms with Crippen molar-refractivity contribution in [1.82, 2.24) is 5.32 Å². The third kappa shape index (κ3) is 4.11. The van der Waals surface area contributed by atoms with Crippen LogP contribution in [0.2, 0.25) is 0 Å². The van der Waals surface area contributed by atoms with Crippen LogP contribution in [0.15, 0.2) is 48.0 Å². The van der Waals surface area contributed by atoms with Crippen LogP contribution in [0.3, 0.4) is 0 Å². The lowest BCUT2D eigenvalue weighted by Crippen LogP contribution is -2.54. The van der Waals surface area contributed by atoms with E-state index in [2.05, 4.69) is 5.32 Å². The van der Waals surface area contributed by atoms with E-state index in [1.165, 1.54) is 24.3 Å². The molecule has 1 aliphatic heterocycles. The highest BCUT2D eigenvalue weighted by molar-refractivity contribution is 6.39. The Morgan fingerprint density at radius 3 is 2.38 bits per heavy atom. The van der Waals surface area contributed by atoms with E-state index >= 15 is 0 Å². The minimum absolute atomic E-state index is 0.241. The zero-order chi connectivity index (χ0) is 21.0. The number of carbonyl (C=O) groups excluding carboxylic acids is 3. The predicted octanol–water partition coefficient (Wildman–Crippen LogP) is 3.29. The Kier molecular flexibility index (Phi) is 5.92. The number of ether oxygens (including phenoxy) is 2. The standard InChI is InChI=1S/C21H19FN2O5/c1-3-28-17-10-9-13(12-18(17)29-4-2)11-14-19(25)23-21(27)24(20(14)26)16-8-6-5-7-15(16)22/h5-12H,3-4H2,1-2H3,(H,23,25,27)/b14-11+. The Labute approximate surface area is 166 Å². The highest BCUT2D eigenvalue weighted by atomic mass is 19.1. The molecule has 0 atom stereocenters. The Balaban J connectivity index is 2.00. The summed E-state index contributed by atoms with van der Waals surface area (Å²) in [5.41, 5.74) is -0.0622. The minimum atomic E-state index is -1.01. The molecule has 8 heteroatoms. The Morgan fingerprint density at radius 1 is 1.00 bits per heavy atom. The van der Waals surface area contributed by atoms with Gasteiger partial charge in [0.2, 0.25) is 0 Å². The van der Waals surface area contributed by atoms with Gasteiger partial charge in [0, 0.05) is 0 Å². The number of hydrogen-bond donors (Lipinski definition) is 1. The third-order valence-corrected chi connectivity index (χ3v) is 4.07. The number of barbiturate groups is 1. The molecule has 0 bridgehead atoms. The monoisotopic (exact) mass is 398 g/mol. The summed E-state index contributed by atoms with van der Waals surface area (Å²) >= 11 is 0. The summed E-state index contributed by atoms with van der Waals surface area (Å²) in [6.07, 6.45) is 1.32. The molecule has 0 saturated carbocycles. The van der Waals surface area contributed by atoms with Crippen molar-refractivity contribution in [3.63, 3.8) is 0 Å². The van der Waals surface area contributed by atoms with Crippen molar-refractivity contribution in [1.29, 1.82) is 0 Å². The van der Waals surface area contributed by atoms with E-state index in [0.29, 0.717) is 35.2 Å². The highest BCUT2D eigenvalue weighted by Gasteiger charge is 2.37. The van der Waals surface area contributed by atoms with Crippen LogP contribution in [0.5, 0.6) is 11.5 Å². The zero-order valence-electron chi connectivity index (χ0n) is 15.9. The van der Waals surface area contributed by atoms with Crippen molar-refractivity contribution in [3.8, 4) is 11.5 Å². The highest BCUT2D eigenvalue weighted by Crippen LogP contribution is 2.30. The maximum Gasteiger partial charge on any atom is 0.336 e. The summed E-state index contributed by atoms with van der Waals surface area (Å²) in [7, 11) is 0. The second-order valence-electron chi connectivity index (χ2n) is 5.98. The van der Waals surface area contributed by atoms with Gasteiger partial charge in [-0.15, -0.1) is 0 Å². The normalized spacial score (nSPS) is 15.5. The second kappa shape index (κ2) is 8.55. The molecule has 0 aliphatic carbocycles. The number of urea groups is 1. The molecule has 7 nitrogen and oxygen atoms in total. The van der Waals surface area contributed by atoms with Crippen LogP contribution in [0.1, 0.15) is 19.4 Å². The summed E-state index contributed by atoms with van der Waals surface area (Å²) in [4.78, 5) is 37.9. The number of halogens is 1. The van der Waals surface area contributed by atoms with E-state index in [9.17, 15) is 18.8 Å². The van der Waals surface area contributed by atoms with Gasteiger partial charge >= 0.3 is 6.03 Å². The molecule has 4 amide bonds. The summed E-state index contributed by atoms with van der Waals surface area (Å²) in [5.74, 6) is -1.56. The van der Waals surface area contributed by atoms with Crippen LogP contribution in [0.4, 0.5) is 14.9 Å². The molecule has 0 spiro atoms. The van der Waals surface area contributed by atoms with Gasteiger partial charge in [0.05, 0.1) is 18.9 Å². The largest absolute Gasteiger partial charge is 0.490 e. The summed E-state index contributed by atoms with van der Waals surface area (Å²) in [5, 5.41) is 2.06. The maximum absolute atomic E-state index is 14.1. The number of hydrogen-bond acceptors (Lipinski definition) is 5. The minimum Gasteiger partial charge on any atom is -0.490 e. The first kappa shape index (κ1) is 20.1. The van der Waals surface area contributed by atoms with E-state index in [1.54, 1.807) is 18.2 Å². The van der Waals surface area contributed by atoms with Gasteiger partial charge in [0.25, 0.3) is 11.8 Å². The molecule has 29 heavy (non-hydrogen) atoms. The molecular formula is C21H19FN2O5. The Hall–Kier alpha value is -3.68. The number of anilines is 1. The Morgan fingerprint density at radius 2 is 1.69 bits per heavy atom. The van der Waals surface area contributed by atoms with Crippen LogP contribution < -0.4 is 19.7 Å². The average molecular weight is 398 g/mol. The van der Waals surface area contributed by atoms with Crippen LogP contribution in [-0.4, -0.2) is 31.1 Å². The van der Waals surface area contributed by atoms with Crippen LogP contribution in [0.25, 0.3) is 6.08 Å². The molecule has 1 fully saturated rings. The van der Waals surface area contributed by atoms with Gasteiger partial charge in [-0.3, -0.25) is 14.9 Å². The van der Waals surface area contributed by atoms with Gasteiger partial charge in [-0.05, 0) is 49.8 Å². The fourth-order valence-electron chi connectivity index (χ4n) is 2.83. The number of nitrogens with one attached hydrogen (secondary N) is 1. The van der Waals surface area contributed by atoms with E-state index in [4.69, 9.17) is 9.47 Å². The van der Waals surface area contributed by atoms with Crippen molar-refractivity contribution in [2.75, 3.05) is 18.1 Å². The number of para-hydroxylation sites is 1. The van der Waals surface area contributed by atoms with Gasteiger partial charge in [-0.2, -0.15) is 0 Å². The van der Waals surface area contributed by atoms with Crippen molar-refractivity contribution < 1.29 is 28.2 Å². The van der Waals surface area contributed by atoms with Gasteiger partial charge in [0.1, 0.15) is 11.4 Å². The molecule has 1 saturated heterocycles. The van der Waals surface area contributed by atoms with E-state index < -0.39 is 23.7 Å². The fraction of sp³-hybridized carbons (Fsp3) is 0.190. The molecule has 1 heterocycles. The van der Waals surface area contributed by atoms with E-state index in [-0.39, 0.29) is 11.3 Å². The van der Waals surface area contributed by atoms with Crippen LogP contribution >= 0.6 is 0 Å².